The number of carbonyl (C=O) groups excluding carboxylic acids is 1. The number of aliphatic carboxylic acids is 1. The minimum Gasteiger partial charge on any atom is -0.480 e. The van der Waals surface area contributed by atoms with Crippen molar-refractivity contribution in [3.8, 4) is 11.1 Å². The monoisotopic (exact) mass is 882 g/mol. The molecule has 0 bridgehead atoms. The van der Waals surface area contributed by atoms with Crippen molar-refractivity contribution in [3.63, 3.8) is 0 Å². The molecule has 0 aliphatic carbocycles. The molecule has 318 valence electrons. The van der Waals surface area contributed by atoms with E-state index in [1.807, 2.05) is 71.6 Å². The van der Waals surface area contributed by atoms with Crippen molar-refractivity contribution in [2.75, 3.05) is 55.2 Å². The van der Waals surface area contributed by atoms with Gasteiger partial charge in [0.1, 0.15) is 11.7 Å². The van der Waals surface area contributed by atoms with E-state index in [1.54, 1.807) is 36.0 Å². The topological polar surface area (TPSA) is 165 Å². The molecule has 3 N–H and O–H groups in total. The number of amides is 1. The molecule has 7 rings (SSSR count). The molecule has 0 radical (unpaired) electrons. The van der Waals surface area contributed by atoms with Crippen molar-refractivity contribution in [1.82, 2.24) is 14.5 Å². The van der Waals surface area contributed by atoms with Gasteiger partial charge in [-0.05, 0) is 103 Å². The van der Waals surface area contributed by atoms with Crippen molar-refractivity contribution >= 4 is 62.3 Å². The van der Waals surface area contributed by atoms with Crippen LogP contribution in [0.2, 0.25) is 5.02 Å². The van der Waals surface area contributed by atoms with Crippen molar-refractivity contribution in [3.05, 3.63) is 148 Å². The maximum atomic E-state index is 13.5. The van der Waals surface area contributed by atoms with Gasteiger partial charge in [0, 0.05) is 78.3 Å². The fourth-order valence-corrected chi connectivity index (χ4v) is 9.93. The average molecular weight is 883 g/mol. The number of rotatable bonds is 17. The highest BCUT2D eigenvalue weighted by Gasteiger charge is 2.31. The standard InChI is InChI=1S/C45H47ClN6O7S2/c46-35-16-12-32(13-17-35)40-10-5-4-7-34(40)30-49-25-27-50(28-26-49)37-18-14-33(15-19-37)44(53)48-61(58,59)39-20-21-41(43(29-39)52(56)57)47-36(31-60-38-8-2-1-3-9-38)22-24-51-23-6-11-42(51)45(54)55/h1-5,7-10,12-21,29,36,42,47H,6,11,22-28,30-31H2,(H,48,53)(H,54,55)/t36-,42-/m1/s1. The highest BCUT2D eigenvalue weighted by Crippen LogP contribution is 2.31. The van der Waals surface area contributed by atoms with E-state index in [-0.39, 0.29) is 17.3 Å². The Kier molecular flexibility index (Phi) is 14.3. The zero-order chi connectivity index (χ0) is 42.9. The van der Waals surface area contributed by atoms with Gasteiger partial charge < -0.3 is 15.3 Å². The van der Waals surface area contributed by atoms with Gasteiger partial charge in [-0.15, -0.1) is 11.8 Å². The highest BCUT2D eigenvalue weighted by molar-refractivity contribution is 7.99. The third kappa shape index (κ3) is 11.3. The lowest BCUT2D eigenvalue weighted by Gasteiger charge is -2.36. The summed E-state index contributed by atoms with van der Waals surface area (Å²) >= 11 is 7.67. The summed E-state index contributed by atoms with van der Waals surface area (Å²) in [5.41, 5.74) is 4.20. The number of anilines is 2. The van der Waals surface area contributed by atoms with E-state index < -0.39 is 43.4 Å². The van der Waals surface area contributed by atoms with E-state index in [4.69, 9.17) is 11.6 Å². The predicted octanol–water partition coefficient (Wildman–Crippen LogP) is 7.87. The third-order valence-electron chi connectivity index (χ3n) is 11.1. The van der Waals surface area contributed by atoms with Gasteiger partial charge in [0.05, 0.1) is 9.82 Å². The molecule has 2 aliphatic heterocycles. The maximum Gasteiger partial charge on any atom is 0.320 e. The van der Waals surface area contributed by atoms with Crippen LogP contribution in [0.1, 0.15) is 35.2 Å². The van der Waals surface area contributed by atoms with E-state index in [0.717, 1.165) is 61.4 Å². The number of benzene rings is 5. The number of sulfonamides is 1. The summed E-state index contributed by atoms with van der Waals surface area (Å²) in [6, 6.07) is 35.2. The van der Waals surface area contributed by atoms with Crippen LogP contribution in [0.5, 0.6) is 0 Å². The molecule has 0 aromatic heterocycles. The predicted molar refractivity (Wildman–Crippen MR) is 240 cm³/mol. The van der Waals surface area contributed by atoms with Crippen LogP contribution in [-0.2, 0) is 21.4 Å². The minimum absolute atomic E-state index is 0.115. The summed E-state index contributed by atoms with van der Waals surface area (Å²) < 4.78 is 29.0. The molecule has 0 spiro atoms. The number of carboxylic acids is 1. The minimum atomic E-state index is -4.50. The number of piperazine rings is 1. The summed E-state index contributed by atoms with van der Waals surface area (Å²) in [6.07, 6.45) is 1.84. The number of nitrogens with one attached hydrogen (secondary N) is 2. The van der Waals surface area contributed by atoms with Gasteiger partial charge in [-0.3, -0.25) is 29.5 Å². The van der Waals surface area contributed by atoms with Gasteiger partial charge in [0.25, 0.3) is 21.6 Å². The smallest absolute Gasteiger partial charge is 0.320 e. The van der Waals surface area contributed by atoms with E-state index in [0.29, 0.717) is 36.7 Å². The fraction of sp³-hybridized carbons (Fsp3) is 0.289. The van der Waals surface area contributed by atoms with E-state index in [2.05, 4.69) is 32.0 Å². The molecule has 5 aromatic carbocycles. The van der Waals surface area contributed by atoms with E-state index in [9.17, 15) is 33.2 Å². The normalized spacial score (nSPS) is 16.5. The van der Waals surface area contributed by atoms with Gasteiger partial charge in [-0.25, -0.2) is 13.1 Å². The average Bonchev–Trinajstić information content (AvgIpc) is 3.75. The SMILES string of the molecule is O=C(NS(=O)(=O)c1ccc(N[C@H](CCN2CCC[C@@H]2C(=O)O)CSc2ccccc2)c([N+](=O)[O-])c1)c1ccc(N2CCN(Cc3ccccc3-c3ccc(Cl)cc3)CC2)cc1. The van der Waals surface area contributed by atoms with Crippen molar-refractivity contribution in [1.29, 1.82) is 0 Å². The summed E-state index contributed by atoms with van der Waals surface area (Å²) in [4.78, 5) is 43.8. The lowest BCUT2D eigenvalue weighted by atomic mass is 9.99. The quantitative estimate of drug-likeness (QED) is 0.0471. The summed E-state index contributed by atoms with van der Waals surface area (Å²) in [5.74, 6) is -1.22. The number of nitrogens with zero attached hydrogens (tertiary/aromatic N) is 4. The van der Waals surface area contributed by atoms with Crippen LogP contribution in [0.25, 0.3) is 11.1 Å². The Morgan fingerprint density at radius 2 is 1.59 bits per heavy atom. The molecule has 0 saturated carbocycles. The Balaban J connectivity index is 0.967. The van der Waals surface area contributed by atoms with Crippen LogP contribution >= 0.6 is 23.4 Å². The van der Waals surface area contributed by atoms with Crippen LogP contribution in [0.4, 0.5) is 17.1 Å². The van der Waals surface area contributed by atoms with Crippen LogP contribution in [0.3, 0.4) is 0 Å². The third-order valence-corrected chi connectivity index (χ3v) is 13.9. The molecule has 5 aromatic rings. The second-order valence-corrected chi connectivity index (χ2v) is 18.3. The van der Waals surface area contributed by atoms with Crippen molar-refractivity contribution < 1.29 is 28.0 Å². The van der Waals surface area contributed by atoms with Crippen LogP contribution < -0.4 is 14.9 Å². The first kappa shape index (κ1) is 43.6. The first-order valence-corrected chi connectivity index (χ1v) is 23.0. The van der Waals surface area contributed by atoms with Gasteiger partial charge in [0.15, 0.2) is 0 Å². The highest BCUT2D eigenvalue weighted by atomic mass is 35.5. The van der Waals surface area contributed by atoms with Crippen LogP contribution in [0.15, 0.2) is 131 Å². The second-order valence-electron chi connectivity index (χ2n) is 15.1. The number of thioether (sulfide) groups is 1. The van der Waals surface area contributed by atoms with Crippen LogP contribution in [0, 0.1) is 10.1 Å². The molecule has 13 nitrogen and oxygen atoms in total. The zero-order valence-corrected chi connectivity index (χ0v) is 35.7. The number of nitro benzene ring substituents is 1. The molecule has 2 aliphatic rings. The first-order valence-electron chi connectivity index (χ1n) is 20.1. The number of halogens is 1. The van der Waals surface area contributed by atoms with Gasteiger partial charge in [-0.1, -0.05) is 66.2 Å². The molecule has 2 atom stereocenters. The summed E-state index contributed by atoms with van der Waals surface area (Å²) in [7, 11) is -4.50. The van der Waals surface area contributed by atoms with Gasteiger partial charge >= 0.3 is 5.97 Å². The molecule has 0 unspecified atom stereocenters. The molecular formula is C45H47ClN6O7S2. The first-order chi connectivity index (χ1) is 29.4. The van der Waals surface area contributed by atoms with Crippen molar-refractivity contribution in [2.24, 2.45) is 0 Å². The molecule has 2 heterocycles. The number of hydrogen-bond donors (Lipinski definition) is 3. The Hall–Kier alpha value is -5.45. The second kappa shape index (κ2) is 19.9. The fourth-order valence-electron chi connectivity index (χ4n) is 7.82. The molecule has 61 heavy (non-hydrogen) atoms. The summed E-state index contributed by atoms with van der Waals surface area (Å²) in [6.45, 7) is 5.11. The lowest BCUT2D eigenvalue weighted by Crippen LogP contribution is -2.46. The number of carbonyl (C=O) groups is 2. The van der Waals surface area contributed by atoms with Gasteiger partial charge in [0.2, 0.25) is 0 Å². The maximum absolute atomic E-state index is 13.5. The summed E-state index contributed by atoms with van der Waals surface area (Å²) in [5, 5.41) is 25.9. The molecule has 16 heteroatoms. The zero-order valence-electron chi connectivity index (χ0n) is 33.4. The molecule has 1 amide bonds. The number of carboxylic acid groups (broad SMARTS) is 1. The van der Waals surface area contributed by atoms with Gasteiger partial charge in [-0.2, -0.15) is 0 Å². The van der Waals surface area contributed by atoms with E-state index >= 15 is 0 Å². The molecule has 2 saturated heterocycles. The Morgan fingerprint density at radius 1 is 0.885 bits per heavy atom. The van der Waals surface area contributed by atoms with E-state index in [1.165, 1.54) is 23.3 Å². The van der Waals surface area contributed by atoms with Crippen LogP contribution in [-0.4, -0.2) is 97.2 Å². The number of likely N-dealkylation sites (tertiary alicyclic amines) is 1. The number of hydrogen-bond acceptors (Lipinski definition) is 11. The number of nitro groups is 1. The Labute approximate surface area is 364 Å². The van der Waals surface area contributed by atoms with Crippen molar-refractivity contribution in [2.45, 2.75) is 47.7 Å². The molecular weight excluding hydrogens is 836 g/mol. The Morgan fingerprint density at radius 3 is 2.30 bits per heavy atom. The Bertz CT molecular complexity index is 2430. The lowest BCUT2D eigenvalue weighted by molar-refractivity contribution is -0.384. The largest absolute Gasteiger partial charge is 0.480 e. The molecule has 2 fully saturated rings.